The molecule has 1 aliphatic rings. The fraction of sp³-hybridized carbons (Fsp3) is 0.692. The van der Waals surface area contributed by atoms with Crippen molar-refractivity contribution >= 4 is 12.0 Å². The molecule has 1 unspecified atom stereocenters. The summed E-state index contributed by atoms with van der Waals surface area (Å²) >= 11 is 0. The number of carbonyl (C=O) groups excluding carboxylic acids is 1. The molecular weight excluding hydrogens is 244 g/mol. The summed E-state index contributed by atoms with van der Waals surface area (Å²) in [5.74, 6) is 0.676. The Kier molecular flexibility index (Phi) is 3.68. The molecular formula is C13H22N4O2. The van der Waals surface area contributed by atoms with Gasteiger partial charge < -0.3 is 20.4 Å². The number of likely N-dealkylation sites (tertiary alicyclic amines) is 1. The van der Waals surface area contributed by atoms with Gasteiger partial charge in [0.25, 0.3) is 0 Å². The van der Waals surface area contributed by atoms with E-state index in [9.17, 15) is 4.79 Å². The van der Waals surface area contributed by atoms with E-state index in [0.717, 1.165) is 25.1 Å². The number of nitrogens with zero attached hydrogens (tertiary/aromatic N) is 2. The van der Waals surface area contributed by atoms with Crippen molar-refractivity contribution in [2.45, 2.75) is 45.1 Å². The van der Waals surface area contributed by atoms with Crippen molar-refractivity contribution in [3.8, 4) is 0 Å². The standard InChI is InChI=1S/C13H22N4O2/c1-13(2,3)19-12(18)17-6-4-5-9(8-17)10-7-15-11(14)16-10/h7,9H,4-6,8H2,1-3H3,(H3,14,15,16). The summed E-state index contributed by atoms with van der Waals surface area (Å²) in [6.07, 6.45) is 3.49. The maximum Gasteiger partial charge on any atom is 0.410 e. The number of imidazole rings is 1. The highest BCUT2D eigenvalue weighted by Gasteiger charge is 2.28. The number of nitrogens with two attached hydrogens (primary N) is 1. The SMILES string of the molecule is CC(C)(C)OC(=O)N1CCCC(c2cnc(N)[nH]2)C1. The molecule has 0 radical (unpaired) electrons. The van der Waals surface area contributed by atoms with Crippen LogP contribution in [0.1, 0.15) is 45.2 Å². The molecule has 0 saturated carbocycles. The van der Waals surface area contributed by atoms with Gasteiger partial charge in [0.2, 0.25) is 0 Å². The Morgan fingerprint density at radius 1 is 1.58 bits per heavy atom. The lowest BCUT2D eigenvalue weighted by atomic mass is 9.95. The summed E-state index contributed by atoms with van der Waals surface area (Å²) < 4.78 is 5.40. The molecule has 3 N–H and O–H groups in total. The van der Waals surface area contributed by atoms with E-state index < -0.39 is 5.60 Å². The van der Waals surface area contributed by atoms with Crippen LogP contribution in [-0.2, 0) is 4.74 Å². The second-order valence-corrected chi connectivity index (χ2v) is 5.99. The van der Waals surface area contributed by atoms with Gasteiger partial charge in [-0.2, -0.15) is 0 Å². The summed E-state index contributed by atoms with van der Waals surface area (Å²) in [4.78, 5) is 20.9. The number of H-pyrrole nitrogens is 1. The number of piperidine rings is 1. The second-order valence-electron chi connectivity index (χ2n) is 5.99. The van der Waals surface area contributed by atoms with Crippen LogP contribution in [0, 0.1) is 0 Å². The average molecular weight is 266 g/mol. The van der Waals surface area contributed by atoms with E-state index in [1.807, 2.05) is 20.8 Å². The van der Waals surface area contributed by atoms with Gasteiger partial charge in [-0.3, -0.25) is 0 Å². The van der Waals surface area contributed by atoms with Crippen LogP contribution in [-0.4, -0.2) is 39.7 Å². The molecule has 2 heterocycles. The van der Waals surface area contributed by atoms with Crippen molar-refractivity contribution in [2.75, 3.05) is 18.8 Å². The third kappa shape index (κ3) is 3.62. The van der Waals surface area contributed by atoms with Gasteiger partial charge in [0, 0.05) is 24.7 Å². The Labute approximate surface area is 113 Å². The number of nitrogens with one attached hydrogen (secondary N) is 1. The monoisotopic (exact) mass is 266 g/mol. The van der Waals surface area contributed by atoms with E-state index >= 15 is 0 Å². The van der Waals surface area contributed by atoms with Gasteiger partial charge in [0.1, 0.15) is 5.60 Å². The number of nitrogen functional groups attached to an aromatic ring is 1. The smallest absolute Gasteiger partial charge is 0.410 e. The first-order valence-corrected chi connectivity index (χ1v) is 6.63. The van der Waals surface area contributed by atoms with E-state index in [1.165, 1.54) is 0 Å². The Balaban J connectivity index is 1.99. The quantitative estimate of drug-likeness (QED) is 0.815. The molecule has 1 atom stereocenters. The molecule has 0 aromatic carbocycles. The molecule has 1 aromatic rings. The Bertz CT molecular complexity index is 450. The van der Waals surface area contributed by atoms with Crippen molar-refractivity contribution in [3.05, 3.63) is 11.9 Å². The zero-order chi connectivity index (χ0) is 14.0. The zero-order valence-electron chi connectivity index (χ0n) is 11.8. The van der Waals surface area contributed by atoms with Crippen LogP contribution in [0.3, 0.4) is 0 Å². The Hall–Kier alpha value is -1.72. The largest absolute Gasteiger partial charge is 0.444 e. The fourth-order valence-corrected chi connectivity index (χ4v) is 2.28. The summed E-state index contributed by atoms with van der Waals surface area (Å²) in [6.45, 7) is 7.03. The van der Waals surface area contributed by atoms with Gasteiger partial charge in [-0.25, -0.2) is 9.78 Å². The van der Waals surface area contributed by atoms with Crippen molar-refractivity contribution in [1.82, 2.24) is 14.9 Å². The second kappa shape index (κ2) is 5.11. The molecule has 1 amide bonds. The number of hydrogen-bond acceptors (Lipinski definition) is 4. The summed E-state index contributed by atoms with van der Waals surface area (Å²) in [5.41, 5.74) is 6.13. The molecule has 1 saturated heterocycles. The van der Waals surface area contributed by atoms with Crippen LogP contribution in [0.15, 0.2) is 6.20 Å². The number of aromatic nitrogens is 2. The molecule has 6 nitrogen and oxygen atoms in total. The number of rotatable bonds is 1. The van der Waals surface area contributed by atoms with E-state index in [0.29, 0.717) is 12.5 Å². The maximum absolute atomic E-state index is 12.0. The van der Waals surface area contributed by atoms with E-state index in [4.69, 9.17) is 10.5 Å². The van der Waals surface area contributed by atoms with Crippen LogP contribution in [0.2, 0.25) is 0 Å². The molecule has 1 aliphatic heterocycles. The number of carbonyl (C=O) groups is 1. The number of hydrogen-bond donors (Lipinski definition) is 2. The molecule has 0 aliphatic carbocycles. The first-order valence-electron chi connectivity index (χ1n) is 6.63. The van der Waals surface area contributed by atoms with Crippen LogP contribution in [0.5, 0.6) is 0 Å². The lowest BCUT2D eigenvalue weighted by molar-refractivity contribution is 0.0197. The number of amides is 1. The fourth-order valence-electron chi connectivity index (χ4n) is 2.28. The lowest BCUT2D eigenvalue weighted by Crippen LogP contribution is -2.42. The van der Waals surface area contributed by atoms with Crippen molar-refractivity contribution in [1.29, 1.82) is 0 Å². The molecule has 1 fully saturated rings. The number of ether oxygens (including phenoxy) is 1. The maximum atomic E-state index is 12.0. The minimum Gasteiger partial charge on any atom is -0.444 e. The highest BCUT2D eigenvalue weighted by Crippen LogP contribution is 2.26. The molecule has 0 bridgehead atoms. The molecule has 19 heavy (non-hydrogen) atoms. The van der Waals surface area contributed by atoms with Gasteiger partial charge >= 0.3 is 6.09 Å². The van der Waals surface area contributed by atoms with Crippen molar-refractivity contribution in [3.63, 3.8) is 0 Å². The third-order valence-electron chi connectivity index (χ3n) is 3.13. The zero-order valence-corrected chi connectivity index (χ0v) is 11.8. The number of aromatic amines is 1. The van der Waals surface area contributed by atoms with Crippen LogP contribution >= 0.6 is 0 Å². The minimum absolute atomic E-state index is 0.246. The minimum atomic E-state index is -0.456. The Morgan fingerprint density at radius 3 is 2.89 bits per heavy atom. The van der Waals surface area contributed by atoms with E-state index in [-0.39, 0.29) is 12.0 Å². The lowest BCUT2D eigenvalue weighted by Gasteiger charge is -2.33. The molecule has 0 spiro atoms. The highest BCUT2D eigenvalue weighted by atomic mass is 16.6. The van der Waals surface area contributed by atoms with Crippen LogP contribution in [0.25, 0.3) is 0 Å². The van der Waals surface area contributed by atoms with Crippen LogP contribution in [0.4, 0.5) is 10.7 Å². The summed E-state index contributed by atoms with van der Waals surface area (Å²) in [6, 6.07) is 0. The average Bonchev–Trinajstić information content (AvgIpc) is 2.74. The topological polar surface area (TPSA) is 84.2 Å². The molecule has 6 heteroatoms. The Morgan fingerprint density at radius 2 is 2.32 bits per heavy atom. The highest BCUT2D eigenvalue weighted by molar-refractivity contribution is 5.68. The molecule has 2 rings (SSSR count). The summed E-state index contributed by atoms with van der Waals surface area (Å²) in [5, 5.41) is 0. The van der Waals surface area contributed by atoms with E-state index in [1.54, 1.807) is 11.1 Å². The van der Waals surface area contributed by atoms with Gasteiger partial charge in [-0.05, 0) is 33.6 Å². The predicted octanol–water partition coefficient (Wildman–Crippen LogP) is 2.11. The molecule has 106 valence electrons. The first kappa shape index (κ1) is 13.7. The first-order chi connectivity index (χ1) is 8.85. The van der Waals surface area contributed by atoms with Gasteiger partial charge in [-0.1, -0.05) is 0 Å². The van der Waals surface area contributed by atoms with Crippen LogP contribution < -0.4 is 5.73 Å². The van der Waals surface area contributed by atoms with Gasteiger partial charge in [0.15, 0.2) is 5.95 Å². The van der Waals surface area contributed by atoms with Gasteiger partial charge in [0.05, 0.1) is 6.20 Å². The predicted molar refractivity (Wildman–Crippen MR) is 72.8 cm³/mol. The van der Waals surface area contributed by atoms with Gasteiger partial charge in [-0.15, -0.1) is 0 Å². The summed E-state index contributed by atoms with van der Waals surface area (Å²) in [7, 11) is 0. The van der Waals surface area contributed by atoms with Crippen molar-refractivity contribution in [2.24, 2.45) is 0 Å². The normalized spacial score (nSPS) is 20.4. The third-order valence-corrected chi connectivity index (χ3v) is 3.13. The van der Waals surface area contributed by atoms with Crippen molar-refractivity contribution < 1.29 is 9.53 Å². The molecule has 1 aromatic heterocycles. The number of anilines is 1. The van der Waals surface area contributed by atoms with E-state index in [2.05, 4.69) is 9.97 Å².